The van der Waals surface area contributed by atoms with Gasteiger partial charge in [-0.1, -0.05) is 6.08 Å². The van der Waals surface area contributed by atoms with Crippen molar-refractivity contribution in [2.75, 3.05) is 6.61 Å². The number of ether oxygens (including phenoxy) is 2. The number of allylic oxidation sites excluding steroid dienone is 1. The van der Waals surface area contributed by atoms with Crippen LogP contribution in [0.15, 0.2) is 11.6 Å². The maximum atomic E-state index is 10.5. The topological polar surface area (TPSA) is 72.8 Å². The molecule has 0 amide bonds. The third-order valence-corrected chi connectivity index (χ3v) is 1.93. The molecule has 14 heavy (non-hydrogen) atoms. The number of carboxylic acids is 1. The number of carbonyl (C=O) groups is 2. The maximum Gasteiger partial charge on any atom is 0.508 e. The Morgan fingerprint density at radius 1 is 1.71 bits per heavy atom. The average molecular weight is 200 g/mol. The van der Waals surface area contributed by atoms with E-state index in [9.17, 15) is 9.59 Å². The Kier molecular flexibility index (Phi) is 3.50. The molecule has 5 heteroatoms. The molecule has 0 aliphatic carbocycles. The largest absolute Gasteiger partial charge is 0.508 e. The van der Waals surface area contributed by atoms with Gasteiger partial charge in [-0.2, -0.15) is 0 Å². The molecule has 1 heterocycles. The summed E-state index contributed by atoms with van der Waals surface area (Å²) in [7, 11) is 0. The summed E-state index contributed by atoms with van der Waals surface area (Å²) in [5, 5.41) is 8.54. The van der Waals surface area contributed by atoms with E-state index in [1.807, 2.05) is 0 Å². The Labute approximate surface area is 81.3 Å². The van der Waals surface area contributed by atoms with E-state index >= 15 is 0 Å². The molecule has 1 unspecified atom stereocenters. The van der Waals surface area contributed by atoms with Crippen LogP contribution in [0.5, 0.6) is 0 Å². The van der Waals surface area contributed by atoms with Crippen molar-refractivity contribution >= 4 is 12.1 Å². The number of carboxylic acid groups (broad SMARTS) is 1. The standard InChI is InChI=1S/C9H12O5/c1-6(8(10)11)3-2-4-7-5-13-9(12)14-7/h3,7H,2,4-5H2,1H3,(H,10,11). The van der Waals surface area contributed by atoms with Crippen LogP contribution in [-0.4, -0.2) is 29.9 Å². The lowest BCUT2D eigenvalue weighted by atomic mass is 10.1. The van der Waals surface area contributed by atoms with Crippen LogP contribution in [0.1, 0.15) is 19.8 Å². The lowest BCUT2D eigenvalue weighted by molar-refractivity contribution is -0.132. The van der Waals surface area contributed by atoms with E-state index in [-0.39, 0.29) is 12.7 Å². The van der Waals surface area contributed by atoms with Gasteiger partial charge in [-0.15, -0.1) is 0 Å². The minimum absolute atomic E-state index is 0.236. The average Bonchev–Trinajstić information content (AvgIpc) is 2.51. The first-order chi connectivity index (χ1) is 6.59. The highest BCUT2D eigenvalue weighted by atomic mass is 16.8. The van der Waals surface area contributed by atoms with E-state index in [4.69, 9.17) is 9.84 Å². The Bertz CT molecular complexity index is 268. The number of carbonyl (C=O) groups excluding carboxylic acids is 1. The predicted octanol–water partition coefficient (Wildman–Crippen LogP) is 1.33. The van der Waals surface area contributed by atoms with Gasteiger partial charge < -0.3 is 14.6 Å². The van der Waals surface area contributed by atoms with Crippen molar-refractivity contribution in [3.8, 4) is 0 Å². The Morgan fingerprint density at radius 3 is 2.93 bits per heavy atom. The first-order valence-corrected chi connectivity index (χ1v) is 4.33. The molecule has 1 N–H and O–H groups in total. The van der Waals surface area contributed by atoms with Gasteiger partial charge in [-0.3, -0.25) is 0 Å². The van der Waals surface area contributed by atoms with Crippen LogP contribution < -0.4 is 0 Å². The van der Waals surface area contributed by atoms with Gasteiger partial charge in [0.25, 0.3) is 0 Å². The van der Waals surface area contributed by atoms with Crippen LogP contribution >= 0.6 is 0 Å². The van der Waals surface area contributed by atoms with Gasteiger partial charge in [-0.25, -0.2) is 9.59 Å². The molecule has 78 valence electrons. The molecule has 1 saturated heterocycles. The second kappa shape index (κ2) is 4.64. The maximum absolute atomic E-state index is 10.5. The molecule has 1 fully saturated rings. The van der Waals surface area contributed by atoms with Gasteiger partial charge in [-0.05, 0) is 19.8 Å². The van der Waals surface area contributed by atoms with Gasteiger partial charge >= 0.3 is 12.1 Å². The fourth-order valence-electron chi connectivity index (χ4n) is 1.08. The molecule has 0 radical (unpaired) electrons. The molecular weight excluding hydrogens is 188 g/mol. The summed E-state index contributed by atoms with van der Waals surface area (Å²) in [6.07, 6.45) is 1.89. The summed E-state index contributed by atoms with van der Waals surface area (Å²) in [4.78, 5) is 20.9. The molecule has 0 aromatic rings. The number of rotatable bonds is 4. The number of hydrogen-bond donors (Lipinski definition) is 1. The van der Waals surface area contributed by atoms with Gasteiger partial charge in [0.15, 0.2) is 0 Å². The molecule has 0 saturated carbocycles. The summed E-state index contributed by atoms with van der Waals surface area (Å²) in [6.45, 7) is 1.79. The van der Waals surface area contributed by atoms with Crippen molar-refractivity contribution in [3.63, 3.8) is 0 Å². The molecule has 1 aliphatic rings. The molecule has 5 nitrogen and oxygen atoms in total. The minimum Gasteiger partial charge on any atom is -0.478 e. The first kappa shape index (κ1) is 10.6. The zero-order valence-corrected chi connectivity index (χ0v) is 7.86. The van der Waals surface area contributed by atoms with Crippen molar-refractivity contribution in [1.82, 2.24) is 0 Å². The van der Waals surface area contributed by atoms with Crippen LogP contribution in [0.2, 0.25) is 0 Å². The highest BCUT2D eigenvalue weighted by molar-refractivity contribution is 5.85. The van der Waals surface area contributed by atoms with Gasteiger partial charge in [0.05, 0.1) is 0 Å². The molecule has 1 atom stereocenters. The van der Waals surface area contributed by atoms with Gasteiger partial charge in [0.2, 0.25) is 0 Å². The van der Waals surface area contributed by atoms with E-state index in [0.29, 0.717) is 18.4 Å². The summed E-state index contributed by atoms with van der Waals surface area (Å²) in [5.41, 5.74) is 0.301. The van der Waals surface area contributed by atoms with Gasteiger partial charge in [0, 0.05) is 5.57 Å². The quantitative estimate of drug-likeness (QED) is 0.547. The Balaban J connectivity index is 2.24. The van der Waals surface area contributed by atoms with Crippen molar-refractivity contribution in [3.05, 3.63) is 11.6 Å². The second-order valence-corrected chi connectivity index (χ2v) is 3.07. The van der Waals surface area contributed by atoms with Crippen molar-refractivity contribution in [2.24, 2.45) is 0 Å². The molecule has 0 aromatic heterocycles. The minimum atomic E-state index is -0.926. The van der Waals surface area contributed by atoms with Crippen LogP contribution in [-0.2, 0) is 14.3 Å². The zero-order chi connectivity index (χ0) is 10.6. The lowest BCUT2D eigenvalue weighted by Crippen LogP contribution is -2.09. The van der Waals surface area contributed by atoms with Crippen molar-refractivity contribution in [2.45, 2.75) is 25.9 Å². The lowest BCUT2D eigenvalue weighted by Gasteiger charge is -2.02. The van der Waals surface area contributed by atoms with E-state index < -0.39 is 12.1 Å². The predicted molar refractivity (Wildman–Crippen MR) is 46.8 cm³/mol. The Morgan fingerprint density at radius 2 is 2.43 bits per heavy atom. The van der Waals surface area contributed by atoms with E-state index in [1.54, 1.807) is 6.08 Å². The second-order valence-electron chi connectivity index (χ2n) is 3.07. The molecule has 0 bridgehead atoms. The molecule has 0 spiro atoms. The van der Waals surface area contributed by atoms with E-state index in [1.165, 1.54) is 6.92 Å². The third kappa shape index (κ3) is 3.08. The number of aliphatic carboxylic acids is 1. The SMILES string of the molecule is CC(=CCCC1COC(=O)O1)C(=O)O. The smallest absolute Gasteiger partial charge is 0.478 e. The van der Waals surface area contributed by atoms with Crippen LogP contribution in [0.3, 0.4) is 0 Å². The van der Waals surface area contributed by atoms with Crippen LogP contribution in [0.4, 0.5) is 4.79 Å². The summed E-state index contributed by atoms with van der Waals surface area (Å²) >= 11 is 0. The number of cyclic esters (lactones) is 2. The monoisotopic (exact) mass is 200 g/mol. The number of hydrogen-bond acceptors (Lipinski definition) is 4. The van der Waals surface area contributed by atoms with E-state index in [2.05, 4.69) is 4.74 Å². The van der Waals surface area contributed by atoms with Crippen molar-refractivity contribution in [1.29, 1.82) is 0 Å². The summed E-state index contributed by atoms with van der Waals surface area (Å²) in [5.74, 6) is -0.926. The molecule has 1 rings (SSSR count). The first-order valence-electron chi connectivity index (χ1n) is 4.33. The van der Waals surface area contributed by atoms with Gasteiger partial charge in [0.1, 0.15) is 12.7 Å². The summed E-state index contributed by atoms with van der Waals surface area (Å²) in [6, 6.07) is 0. The van der Waals surface area contributed by atoms with E-state index in [0.717, 1.165) is 0 Å². The van der Waals surface area contributed by atoms with Crippen molar-refractivity contribution < 1.29 is 24.2 Å². The molecule has 0 aromatic carbocycles. The highest BCUT2D eigenvalue weighted by Gasteiger charge is 2.23. The fourth-order valence-corrected chi connectivity index (χ4v) is 1.08. The highest BCUT2D eigenvalue weighted by Crippen LogP contribution is 2.12. The molecular formula is C9H12O5. The molecule has 1 aliphatic heterocycles. The third-order valence-electron chi connectivity index (χ3n) is 1.93. The Hall–Kier alpha value is -1.52. The van der Waals surface area contributed by atoms with Crippen LogP contribution in [0, 0.1) is 0 Å². The fraction of sp³-hybridized carbons (Fsp3) is 0.556. The normalized spacial score (nSPS) is 21.6. The van der Waals surface area contributed by atoms with Crippen LogP contribution in [0.25, 0.3) is 0 Å². The summed E-state index contributed by atoms with van der Waals surface area (Å²) < 4.78 is 9.34. The zero-order valence-electron chi connectivity index (χ0n) is 7.86.